The summed E-state index contributed by atoms with van der Waals surface area (Å²) in [5.74, 6) is 0.727. The van der Waals surface area contributed by atoms with Gasteiger partial charge in [0.2, 0.25) is 8.32 Å². The first-order valence-electron chi connectivity index (χ1n) is 8.82. The highest BCUT2D eigenvalue weighted by Crippen LogP contribution is 2.44. The van der Waals surface area contributed by atoms with Crippen LogP contribution in [0.15, 0.2) is 46.9 Å². The van der Waals surface area contributed by atoms with Gasteiger partial charge >= 0.3 is 6.18 Å². The number of alkyl halides is 3. The summed E-state index contributed by atoms with van der Waals surface area (Å²) >= 11 is 1.09. The molecule has 0 spiro atoms. The molecule has 1 unspecified atom stereocenters. The van der Waals surface area contributed by atoms with Crippen molar-refractivity contribution in [3.05, 3.63) is 52.5 Å². The zero-order valence-electron chi connectivity index (χ0n) is 16.7. The van der Waals surface area contributed by atoms with E-state index in [4.69, 9.17) is 10.2 Å². The number of halogens is 3. The van der Waals surface area contributed by atoms with Crippen LogP contribution in [-0.2, 0) is 5.54 Å². The van der Waals surface area contributed by atoms with Gasteiger partial charge in [-0.05, 0) is 42.1 Å². The Labute approximate surface area is 165 Å². The Balaban J connectivity index is 2.28. The number of thioether (sulfide) groups is 1. The molecule has 1 aliphatic carbocycles. The molecule has 2 N–H and O–H groups in total. The zero-order valence-corrected chi connectivity index (χ0v) is 18.5. The van der Waals surface area contributed by atoms with Crippen LogP contribution in [-0.4, -0.2) is 20.7 Å². The lowest BCUT2D eigenvalue weighted by atomic mass is 9.81. The van der Waals surface area contributed by atoms with Crippen LogP contribution in [0.5, 0.6) is 5.75 Å². The van der Waals surface area contributed by atoms with Crippen molar-refractivity contribution in [1.82, 2.24) is 0 Å². The summed E-state index contributed by atoms with van der Waals surface area (Å²) in [7, 11) is -1.98. The molecule has 0 fully saturated rings. The molecule has 27 heavy (non-hydrogen) atoms. The first kappa shape index (κ1) is 22.1. The van der Waals surface area contributed by atoms with Gasteiger partial charge in [-0.3, -0.25) is 0 Å². The van der Waals surface area contributed by atoms with E-state index in [9.17, 15) is 13.2 Å². The maximum absolute atomic E-state index is 13.4. The fraction of sp³-hybridized carbons (Fsp3) is 0.500. The summed E-state index contributed by atoms with van der Waals surface area (Å²) in [5, 5.41) is 0.0630. The lowest BCUT2D eigenvalue weighted by Gasteiger charge is -2.37. The van der Waals surface area contributed by atoms with E-state index in [-0.39, 0.29) is 16.4 Å². The molecular formula is C20H28F3NOSSi. The zero-order chi connectivity index (χ0) is 20.7. The van der Waals surface area contributed by atoms with Crippen LogP contribution in [0.4, 0.5) is 13.2 Å². The van der Waals surface area contributed by atoms with E-state index in [2.05, 4.69) is 33.9 Å². The summed E-state index contributed by atoms with van der Waals surface area (Å²) in [6.45, 7) is 10.8. The molecule has 1 atom stereocenters. The molecule has 2 nitrogen and oxygen atoms in total. The summed E-state index contributed by atoms with van der Waals surface area (Å²) in [5.41, 5.74) is 5.26. The quantitative estimate of drug-likeness (QED) is 0.581. The van der Waals surface area contributed by atoms with E-state index in [1.807, 2.05) is 0 Å². The van der Waals surface area contributed by atoms with Gasteiger partial charge in [-0.15, -0.1) is 11.8 Å². The smallest absolute Gasteiger partial charge is 0.413 e. The van der Waals surface area contributed by atoms with Gasteiger partial charge in [0.1, 0.15) is 5.75 Å². The van der Waals surface area contributed by atoms with Gasteiger partial charge in [0.25, 0.3) is 0 Å². The van der Waals surface area contributed by atoms with Crippen molar-refractivity contribution in [3.8, 4) is 5.75 Å². The summed E-state index contributed by atoms with van der Waals surface area (Å²) in [4.78, 5) is 0.224. The number of rotatable bonds is 4. The van der Waals surface area contributed by atoms with E-state index in [0.717, 1.165) is 17.5 Å². The Bertz CT molecular complexity index is 748. The van der Waals surface area contributed by atoms with Gasteiger partial charge in [-0.2, -0.15) is 13.2 Å². The van der Waals surface area contributed by atoms with Crippen LogP contribution in [0.25, 0.3) is 0 Å². The Kier molecular flexibility index (Phi) is 6.00. The van der Waals surface area contributed by atoms with Crippen molar-refractivity contribution in [1.29, 1.82) is 0 Å². The van der Waals surface area contributed by atoms with Crippen molar-refractivity contribution in [2.45, 2.75) is 57.0 Å². The lowest BCUT2D eigenvalue weighted by molar-refractivity contribution is -0.0958. The minimum absolute atomic E-state index is 0.0630. The van der Waals surface area contributed by atoms with E-state index in [1.165, 1.54) is 6.08 Å². The fourth-order valence-electron chi connectivity index (χ4n) is 2.67. The number of hydrogen-bond donors (Lipinski definition) is 1. The number of benzene rings is 1. The van der Waals surface area contributed by atoms with Gasteiger partial charge in [0.05, 0.1) is 5.54 Å². The molecule has 0 saturated carbocycles. The Hall–Kier alpha value is -1.18. The van der Waals surface area contributed by atoms with Gasteiger partial charge in [0.15, 0.2) is 0 Å². The van der Waals surface area contributed by atoms with E-state index < -0.39 is 25.6 Å². The van der Waals surface area contributed by atoms with Crippen LogP contribution < -0.4 is 10.2 Å². The average Bonchev–Trinajstić information content (AvgIpc) is 2.53. The second-order valence-corrected chi connectivity index (χ2v) is 14.1. The van der Waals surface area contributed by atoms with Gasteiger partial charge in [0, 0.05) is 16.9 Å². The van der Waals surface area contributed by atoms with Gasteiger partial charge < -0.3 is 10.2 Å². The second kappa shape index (κ2) is 7.33. The highest BCUT2D eigenvalue weighted by atomic mass is 32.2. The predicted molar refractivity (Wildman–Crippen MR) is 110 cm³/mol. The lowest BCUT2D eigenvalue weighted by Crippen LogP contribution is -2.43. The maximum atomic E-state index is 13.4. The van der Waals surface area contributed by atoms with Gasteiger partial charge in [-0.25, -0.2) is 0 Å². The summed E-state index contributed by atoms with van der Waals surface area (Å²) in [6.07, 6.45) is 0.126. The van der Waals surface area contributed by atoms with Crippen LogP contribution in [0.2, 0.25) is 18.1 Å². The molecule has 0 amide bonds. The molecular weight excluding hydrogens is 387 g/mol. The first-order chi connectivity index (χ1) is 12.2. The van der Waals surface area contributed by atoms with Crippen molar-refractivity contribution >= 4 is 20.1 Å². The average molecular weight is 416 g/mol. The van der Waals surface area contributed by atoms with Crippen LogP contribution in [0, 0.1) is 0 Å². The van der Waals surface area contributed by atoms with E-state index in [1.54, 1.807) is 36.6 Å². The Morgan fingerprint density at radius 2 is 1.67 bits per heavy atom. The molecule has 1 aliphatic rings. The SMILES string of the molecule is CSC1=C(C(F)(F)F)CC(N)(c2ccc(O[Si](C)(C)C(C)(C)C)cc2)C=C1. The molecule has 150 valence electrons. The topological polar surface area (TPSA) is 35.2 Å². The molecule has 2 rings (SSSR count). The standard InChI is InChI=1S/C20H28F3NOSSi/c1-18(2,3)27(5,6)25-15-9-7-14(8-10-15)19(24)12-11-17(26-4)16(13-19)20(21,22)23/h7-12H,13,24H2,1-6H3. The number of allylic oxidation sites excluding steroid dienone is 1. The Morgan fingerprint density at radius 1 is 1.11 bits per heavy atom. The van der Waals surface area contributed by atoms with Crippen LogP contribution in [0.1, 0.15) is 32.8 Å². The van der Waals surface area contributed by atoms with Crippen molar-refractivity contribution in [2.75, 3.05) is 6.26 Å². The molecule has 0 heterocycles. The van der Waals surface area contributed by atoms with Gasteiger partial charge in [-0.1, -0.05) is 45.1 Å². The van der Waals surface area contributed by atoms with Crippen LogP contribution in [0.3, 0.4) is 0 Å². The van der Waals surface area contributed by atoms with Crippen molar-refractivity contribution in [3.63, 3.8) is 0 Å². The molecule has 0 aliphatic heterocycles. The van der Waals surface area contributed by atoms with Crippen LogP contribution >= 0.6 is 11.8 Å². The minimum atomic E-state index is -4.39. The summed E-state index contributed by atoms with van der Waals surface area (Å²) < 4.78 is 46.5. The third-order valence-electron chi connectivity index (χ3n) is 5.43. The van der Waals surface area contributed by atoms with E-state index in [0.29, 0.717) is 5.56 Å². The molecule has 1 aromatic carbocycles. The largest absolute Gasteiger partial charge is 0.544 e. The molecule has 0 saturated heterocycles. The normalized spacial score (nSPS) is 21.6. The fourth-order valence-corrected chi connectivity index (χ4v) is 4.34. The predicted octanol–water partition coefficient (Wildman–Crippen LogP) is 6.36. The Morgan fingerprint density at radius 3 is 2.11 bits per heavy atom. The molecule has 0 radical (unpaired) electrons. The summed E-state index contributed by atoms with van der Waals surface area (Å²) in [6, 6.07) is 7.15. The highest BCUT2D eigenvalue weighted by Gasteiger charge is 2.43. The maximum Gasteiger partial charge on any atom is 0.413 e. The third-order valence-corrected chi connectivity index (χ3v) is 10.6. The second-order valence-electron chi connectivity index (χ2n) is 8.48. The molecule has 0 aromatic heterocycles. The van der Waals surface area contributed by atoms with Crippen molar-refractivity contribution in [2.24, 2.45) is 5.73 Å². The van der Waals surface area contributed by atoms with Crippen molar-refractivity contribution < 1.29 is 17.6 Å². The highest BCUT2D eigenvalue weighted by molar-refractivity contribution is 8.02. The number of hydrogen-bond acceptors (Lipinski definition) is 3. The molecule has 7 heteroatoms. The molecule has 0 bridgehead atoms. The monoisotopic (exact) mass is 415 g/mol. The minimum Gasteiger partial charge on any atom is -0.544 e. The third kappa shape index (κ3) is 4.81. The molecule has 1 aromatic rings. The number of nitrogens with two attached hydrogens (primary N) is 1. The first-order valence-corrected chi connectivity index (χ1v) is 12.9. The van der Waals surface area contributed by atoms with E-state index >= 15 is 0 Å².